The van der Waals surface area contributed by atoms with E-state index in [-0.39, 0.29) is 6.04 Å². The highest BCUT2D eigenvalue weighted by atomic mass is 35.5. The summed E-state index contributed by atoms with van der Waals surface area (Å²) < 4.78 is 10.7. The lowest BCUT2D eigenvalue weighted by molar-refractivity contribution is 0.252. The Labute approximate surface area is 126 Å². The molecule has 1 saturated carbocycles. The van der Waals surface area contributed by atoms with Crippen LogP contribution in [-0.2, 0) is 0 Å². The van der Waals surface area contributed by atoms with Crippen molar-refractivity contribution in [2.24, 2.45) is 17.6 Å². The fourth-order valence-electron chi connectivity index (χ4n) is 3.08. The maximum Gasteiger partial charge on any atom is 0.146 e. The van der Waals surface area contributed by atoms with E-state index in [2.05, 4.69) is 6.92 Å². The van der Waals surface area contributed by atoms with Crippen molar-refractivity contribution >= 4 is 11.6 Å². The van der Waals surface area contributed by atoms with E-state index >= 15 is 0 Å². The van der Waals surface area contributed by atoms with Gasteiger partial charge < -0.3 is 15.2 Å². The van der Waals surface area contributed by atoms with Gasteiger partial charge in [-0.05, 0) is 36.8 Å². The predicted molar refractivity (Wildman–Crippen MR) is 82.6 cm³/mol. The third-order valence-corrected chi connectivity index (χ3v) is 4.80. The number of benzene rings is 1. The minimum absolute atomic E-state index is 0.0270. The number of nitrogens with two attached hydrogens (primary N) is 1. The van der Waals surface area contributed by atoms with Crippen LogP contribution < -0.4 is 15.2 Å². The number of rotatable bonds is 4. The molecule has 0 spiro atoms. The minimum Gasteiger partial charge on any atom is -0.495 e. The molecule has 1 unspecified atom stereocenters. The van der Waals surface area contributed by atoms with E-state index in [9.17, 15) is 0 Å². The Bertz CT molecular complexity index is 456. The number of hydrogen-bond donors (Lipinski definition) is 1. The molecule has 0 aromatic heterocycles. The van der Waals surface area contributed by atoms with Crippen molar-refractivity contribution < 1.29 is 9.47 Å². The van der Waals surface area contributed by atoms with E-state index in [0.29, 0.717) is 22.4 Å². The Morgan fingerprint density at radius 2 is 1.80 bits per heavy atom. The lowest BCUT2D eigenvalue weighted by atomic mass is 9.77. The second kappa shape index (κ2) is 6.68. The smallest absolute Gasteiger partial charge is 0.146 e. The van der Waals surface area contributed by atoms with E-state index in [1.165, 1.54) is 25.7 Å². The molecule has 2 rings (SSSR count). The van der Waals surface area contributed by atoms with Gasteiger partial charge >= 0.3 is 0 Å². The monoisotopic (exact) mass is 297 g/mol. The van der Waals surface area contributed by atoms with Gasteiger partial charge in [-0.25, -0.2) is 0 Å². The molecule has 1 aliphatic rings. The van der Waals surface area contributed by atoms with Crippen LogP contribution in [-0.4, -0.2) is 14.2 Å². The van der Waals surface area contributed by atoms with Crippen LogP contribution in [0.4, 0.5) is 0 Å². The standard InChI is InChI=1S/C16H24ClNO2/c1-10-4-6-11(7-5-10)15(18)12-8-9-13(19-2)14(17)16(12)20-3/h8-11,15H,4-7,18H2,1-3H3. The topological polar surface area (TPSA) is 44.5 Å². The Hall–Kier alpha value is -0.930. The summed E-state index contributed by atoms with van der Waals surface area (Å²) in [5.74, 6) is 2.60. The Morgan fingerprint density at radius 3 is 2.35 bits per heavy atom. The van der Waals surface area contributed by atoms with Gasteiger partial charge in [-0.2, -0.15) is 0 Å². The quantitative estimate of drug-likeness (QED) is 0.906. The lowest BCUT2D eigenvalue weighted by Gasteiger charge is -2.31. The molecule has 1 aromatic rings. The second-order valence-electron chi connectivity index (χ2n) is 5.75. The van der Waals surface area contributed by atoms with Gasteiger partial charge in [0.05, 0.1) is 14.2 Å². The zero-order chi connectivity index (χ0) is 14.7. The van der Waals surface area contributed by atoms with Crippen molar-refractivity contribution in [1.82, 2.24) is 0 Å². The van der Waals surface area contributed by atoms with Crippen LogP contribution in [0.3, 0.4) is 0 Å². The first kappa shape index (κ1) is 15.5. The average molecular weight is 298 g/mol. The van der Waals surface area contributed by atoms with Gasteiger partial charge in [-0.1, -0.05) is 31.4 Å². The van der Waals surface area contributed by atoms with Crippen LogP contribution in [0, 0.1) is 11.8 Å². The lowest BCUT2D eigenvalue weighted by Crippen LogP contribution is -2.26. The normalized spacial score (nSPS) is 24.2. The number of ether oxygens (including phenoxy) is 2. The average Bonchev–Trinajstić information content (AvgIpc) is 2.47. The zero-order valence-electron chi connectivity index (χ0n) is 12.5. The Balaban J connectivity index is 2.25. The van der Waals surface area contributed by atoms with Crippen molar-refractivity contribution in [2.45, 2.75) is 38.6 Å². The van der Waals surface area contributed by atoms with Crippen molar-refractivity contribution in [1.29, 1.82) is 0 Å². The maximum atomic E-state index is 6.47. The van der Waals surface area contributed by atoms with E-state index < -0.39 is 0 Å². The number of methoxy groups -OCH3 is 2. The molecule has 0 heterocycles. The third-order valence-electron chi connectivity index (χ3n) is 4.44. The number of hydrogen-bond acceptors (Lipinski definition) is 3. The van der Waals surface area contributed by atoms with Crippen molar-refractivity contribution in [2.75, 3.05) is 14.2 Å². The summed E-state index contributed by atoms with van der Waals surface area (Å²) in [5, 5.41) is 0.507. The molecule has 1 fully saturated rings. The molecule has 0 bridgehead atoms. The summed E-state index contributed by atoms with van der Waals surface area (Å²) >= 11 is 6.31. The van der Waals surface area contributed by atoms with Crippen LogP contribution in [0.25, 0.3) is 0 Å². The fourth-order valence-corrected chi connectivity index (χ4v) is 3.41. The van der Waals surface area contributed by atoms with Gasteiger partial charge in [0.25, 0.3) is 0 Å². The first-order chi connectivity index (χ1) is 9.58. The molecule has 20 heavy (non-hydrogen) atoms. The number of halogens is 1. The van der Waals surface area contributed by atoms with Crippen LogP contribution in [0.15, 0.2) is 12.1 Å². The summed E-state index contributed by atoms with van der Waals surface area (Å²) in [6, 6.07) is 3.82. The van der Waals surface area contributed by atoms with Gasteiger partial charge in [0.15, 0.2) is 0 Å². The van der Waals surface area contributed by atoms with Gasteiger partial charge in [-0.3, -0.25) is 0 Å². The fraction of sp³-hybridized carbons (Fsp3) is 0.625. The highest BCUT2D eigenvalue weighted by Gasteiger charge is 2.28. The van der Waals surface area contributed by atoms with Gasteiger partial charge in [0.2, 0.25) is 0 Å². The van der Waals surface area contributed by atoms with E-state index in [1.54, 1.807) is 14.2 Å². The molecule has 4 heteroatoms. The molecule has 2 N–H and O–H groups in total. The molecule has 112 valence electrons. The molecule has 1 aliphatic carbocycles. The van der Waals surface area contributed by atoms with E-state index in [0.717, 1.165) is 11.5 Å². The summed E-state index contributed by atoms with van der Waals surface area (Å²) in [7, 11) is 3.22. The van der Waals surface area contributed by atoms with Crippen molar-refractivity contribution in [3.63, 3.8) is 0 Å². The first-order valence-corrected chi connectivity index (χ1v) is 7.62. The Morgan fingerprint density at radius 1 is 1.15 bits per heavy atom. The second-order valence-corrected chi connectivity index (χ2v) is 6.13. The van der Waals surface area contributed by atoms with Gasteiger partial charge in [0, 0.05) is 11.6 Å². The third kappa shape index (κ3) is 3.04. The van der Waals surface area contributed by atoms with Crippen molar-refractivity contribution in [3.05, 3.63) is 22.7 Å². The van der Waals surface area contributed by atoms with Crippen LogP contribution >= 0.6 is 11.6 Å². The molecule has 0 amide bonds. The summed E-state index contributed by atoms with van der Waals surface area (Å²) in [6.45, 7) is 2.31. The Kier molecular flexibility index (Phi) is 5.17. The van der Waals surface area contributed by atoms with Crippen LogP contribution in [0.2, 0.25) is 5.02 Å². The highest BCUT2D eigenvalue weighted by molar-refractivity contribution is 6.33. The highest BCUT2D eigenvalue weighted by Crippen LogP contribution is 2.43. The first-order valence-electron chi connectivity index (χ1n) is 7.24. The minimum atomic E-state index is -0.0270. The summed E-state index contributed by atoms with van der Waals surface area (Å²) in [6.07, 6.45) is 4.86. The van der Waals surface area contributed by atoms with Gasteiger partial charge in [0.1, 0.15) is 16.5 Å². The predicted octanol–water partition coefficient (Wildman–Crippen LogP) is 4.18. The molecule has 3 nitrogen and oxygen atoms in total. The SMILES string of the molecule is COc1ccc(C(N)C2CCC(C)CC2)c(OC)c1Cl. The van der Waals surface area contributed by atoms with Crippen LogP contribution in [0.5, 0.6) is 11.5 Å². The zero-order valence-corrected chi connectivity index (χ0v) is 13.2. The molecular weight excluding hydrogens is 274 g/mol. The van der Waals surface area contributed by atoms with Crippen molar-refractivity contribution in [3.8, 4) is 11.5 Å². The molecule has 0 saturated heterocycles. The largest absolute Gasteiger partial charge is 0.495 e. The van der Waals surface area contributed by atoms with E-state index in [4.69, 9.17) is 26.8 Å². The van der Waals surface area contributed by atoms with Crippen LogP contribution in [0.1, 0.15) is 44.2 Å². The molecule has 1 atom stereocenters. The summed E-state index contributed by atoms with van der Waals surface area (Å²) in [5.41, 5.74) is 7.46. The molecule has 1 aromatic carbocycles. The molecule has 0 radical (unpaired) electrons. The van der Waals surface area contributed by atoms with Gasteiger partial charge in [-0.15, -0.1) is 0 Å². The van der Waals surface area contributed by atoms with E-state index in [1.807, 2.05) is 12.1 Å². The maximum absolute atomic E-state index is 6.47. The molecular formula is C16H24ClNO2. The summed E-state index contributed by atoms with van der Waals surface area (Å²) in [4.78, 5) is 0. The molecule has 0 aliphatic heterocycles.